The Morgan fingerprint density at radius 1 is 1.24 bits per heavy atom. The second-order valence-electron chi connectivity index (χ2n) is 8.08. The first-order chi connectivity index (χ1) is 9.75. The lowest BCUT2D eigenvalue weighted by molar-refractivity contribution is 0.202. The number of nitrogens with zero attached hydrogens (tertiary/aromatic N) is 1. The van der Waals surface area contributed by atoms with Crippen molar-refractivity contribution in [1.82, 2.24) is 0 Å². The first kappa shape index (κ1) is 16.3. The van der Waals surface area contributed by atoms with Crippen molar-refractivity contribution < 1.29 is 0 Å². The van der Waals surface area contributed by atoms with Crippen LogP contribution >= 0.6 is 0 Å². The van der Waals surface area contributed by atoms with Crippen LogP contribution in [0.3, 0.4) is 0 Å². The Hall–Kier alpha value is -1.11. The van der Waals surface area contributed by atoms with Gasteiger partial charge >= 0.3 is 0 Å². The quantitative estimate of drug-likeness (QED) is 0.583. The molecule has 21 heavy (non-hydrogen) atoms. The van der Waals surface area contributed by atoms with Crippen LogP contribution in [0.1, 0.15) is 71.4 Å². The molecule has 0 aliphatic heterocycles. The molecule has 0 heterocycles. The lowest BCUT2D eigenvalue weighted by Crippen LogP contribution is -2.21. The molecule has 1 aromatic carbocycles. The summed E-state index contributed by atoms with van der Waals surface area (Å²) in [5.41, 5.74) is 5.27. The Bertz CT molecular complexity index is 513. The predicted molar refractivity (Wildman–Crippen MR) is 93.8 cm³/mol. The average Bonchev–Trinajstić information content (AvgIpc) is 2.34. The van der Waals surface area contributed by atoms with Gasteiger partial charge in [0.2, 0.25) is 0 Å². The topological polar surface area (TPSA) is 12.4 Å². The number of aryl methyl sites for hydroxylation is 1. The molecule has 116 valence electrons. The minimum atomic E-state index is 0.188. The van der Waals surface area contributed by atoms with E-state index in [1.807, 2.05) is 0 Å². The van der Waals surface area contributed by atoms with Gasteiger partial charge in [-0.15, -0.1) is 0 Å². The van der Waals surface area contributed by atoms with E-state index < -0.39 is 0 Å². The predicted octanol–water partition coefficient (Wildman–Crippen LogP) is 6.21. The van der Waals surface area contributed by atoms with Crippen molar-refractivity contribution in [2.24, 2.45) is 16.8 Å². The van der Waals surface area contributed by atoms with E-state index in [1.165, 1.54) is 36.1 Å². The maximum Gasteiger partial charge on any atom is 0.0660 e. The smallest absolute Gasteiger partial charge is 0.0660 e. The van der Waals surface area contributed by atoms with E-state index in [1.54, 1.807) is 0 Å². The second-order valence-corrected chi connectivity index (χ2v) is 8.08. The average molecular weight is 285 g/mol. The molecule has 0 N–H and O–H groups in total. The van der Waals surface area contributed by atoms with Gasteiger partial charge in [0.05, 0.1) is 5.69 Å². The van der Waals surface area contributed by atoms with E-state index in [9.17, 15) is 0 Å². The lowest BCUT2D eigenvalue weighted by Gasteiger charge is -2.32. The third kappa shape index (κ3) is 4.43. The van der Waals surface area contributed by atoms with E-state index in [2.05, 4.69) is 59.7 Å². The molecule has 0 aromatic heterocycles. The fourth-order valence-electron chi connectivity index (χ4n) is 3.18. The van der Waals surface area contributed by atoms with Gasteiger partial charge in [0, 0.05) is 5.71 Å². The molecule has 1 fully saturated rings. The van der Waals surface area contributed by atoms with Crippen molar-refractivity contribution in [3.8, 4) is 0 Å². The summed E-state index contributed by atoms with van der Waals surface area (Å²) in [5.74, 6) is 1.91. The minimum absolute atomic E-state index is 0.188. The molecule has 1 saturated carbocycles. The Morgan fingerprint density at radius 2 is 1.90 bits per heavy atom. The Balaban J connectivity index is 2.04. The highest BCUT2D eigenvalue weighted by Gasteiger charge is 2.24. The molecule has 2 rings (SSSR count). The van der Waals surface area contributed by atoms with Crippen molar-refractivity contribution in [3.63, 3.8) is 0 Å². The van der Waals surface area contributed by atoms with Crippen molar-refractivity contribution >= 4 is 11.4 Å². The van der Waals surface area contributed by atoms with Crippen LogP contribution in [0.4, 0.5) is 5.69 Å². The summed E-state index contributed by atoms with van der Waals surface area (Å²) in [7, 11) is 0. The van der Waals surface area contributed by atoms with Crippen LogP contribution < -0.4 is 0 Å². The summed E-state index contributed by atoms with van der Waals surface area (Å²) in [6, 6.07) is 6.71. The van der Waals surface area contributed by atoms with Gasteiger partial charge in [-0.1, -0.05) is 39.8 Å². The van der Waals surface area contributed by atoms with E-state index in [0.29, 0.717) is 0 Å². The van der Waals surface area contributed by atoms with Gasteiger partial charge in [-0.25, -0.2) is 0 Å². The van der Waals surface area contributed by atoms with Crippen molar-refractivity contribution in [3.05, 3.63) is 29.3 Å². The first-order valence-electron chi connectivity index (χ1n) is 8.41. The summed E-state index contributed by atoms with van der Waals surface area (Å²) in [6.07, 6.45) is 5.31. The van der Waals surface area contributed by atoms with E-state index in [0.717, 1.165) is 23.9 Å². The number of rotatable bonds is 4. The number of hydrogen-bond acceptors (Lipinski definition) is 1. The van der Waals surface area contributed by atoms with Crippen LogP contribution in [0.25, 0.3) is 0 Å². The zero-order valence-electron chi connectivity index (χ0n) is 14.7. The van der Waals surface area contributed by atoms with Crippen LogP contribution in [-0.2, 0) is 5.41 Å². The van der Waals surface area contributed by atoms with Gasteiger partial charge in [-0.2, -0.15) is 0 Å². The molecule has 0 unspecified atom stereocenters. The molecular weight excluding hydrogens is 254 g/mol. The summed E-state index contributed by atoms with van der Waals surface area (Å²) < 4.78 is 0. The molecule has 1 heteroatoms. The van der Waals surface area contributed by atoms with Gasteiger partial charge in [-0.3, -0.25) is 4.99 Å². The van der Waals surface area contributed by atoms with Crippen molar-refractivity contribution in [2.75, 3.05) is 0 Å². The molecule has 1 aliphatic rings. The summed E-state index contributed by atoms with van der Waals surface area (Å²) in [5, 5.41) is 0. The zero-order chi connectivity index (χ0) is 15.6. The van der Waals surface area contributed by atoms with Gasteiger partial charge in [0.1, 0.15) is 0 Å². The fourth-order valence-corrected chi connectivity index (χ4v) is 3.18. The van der Waals surface area contributed by atoms with Crippen LogP contribution in [-0.4, -0.2) is 5.71 Å². The SMILES string of the molecule is C/C(CCC1CC(C)C1)=N\c1cc(C(C)(C)C)ccc1C. The molecule has 0 saturated heterocycles. The van der Waals surface area contributed by atoms with Crippen LogP contribution in [0.5, 0.6) is 0 Å². The molecule has 0 amide bonds. The molecule has 1 aliphatic carbocycles. The number of benzene rings is 1. The van der Waals surface area contributed by atoms with Crippen LogP contribution in [0.15, 0.2) is 23.2 Å². The first-order valence-corrected chi connectivity index (χ1v) is 8.41. The minimum Gasteiger partial charge on any atom is -0.258 e. The molecule has 0 bridgehead atoms. The second kappa shape index (κ2) is 6.34. The normalized spacial score (nSPS) is 23.0. The highest BCUT2D eigenvalue weighted by Crippen LogP contribution is 2.36. The fraction of sp³-hybridized carbons (Fsp3) is 0.650. The summed E-state index contributed by atoms with van der Waals surface area (Å²) in [4.78, 5) is 4.90. The van der Waals surface area contributed by atoms with E-state index in [4.69, 9.17) is 4.99 Å². The molecule has 0 atom stereocenters. The Morgan fingerprint density at radius 3 is 2.48 bits per heavy atom. The van der Waals surface area contributed by atoms with E-state index in [-0.39, 0.29) is 5.41 Å². The summed E-state index contributed by atoms with van der Waals surface area (Å²) >= 11 is 0. The van der Waals surface area contributed by atoms with Crippen molar-refractivity contribution in [1.29, 1.82) is 0 Å². The van der Waals surface area contributed by atoms with Crippen LogP contribution in [0, 0.1) is 18.8 Å². The molecular formula is C20H31N. The Labute approximate surface area is 130 Å². The lowest BCUT2D eigenvalue weighted by atomic mass is 9.74. The highest BCUT2D eigenvalue weighted by atomic mass is 14.7. The molecule has 0 spiro atoms. The highest BCUT2D eigenvalue weighted by molar-refractivity contribution is 5.85. The van der Waals surface area contributed by atoms with E-state index >= 15 is 0 Å². The largest absolute Gasteiger partial charge is 0.258 e. The molecule has 1 nitrogen and oxygen atoms in total. The number of aliphatic imine (C=N–C) groups is 1. The van der Waals surface area contributed by atoms with Gasteiger partial charge in [-0.05, 0) is 74.0 Å². The molecule has 0 radical (unpaired) electrons. The maximum absolute atomic E-state index is 4.90. The van der Waals surface area contributed by atoms with Gasteiger partial charge in [0.25, 0.3) is 0 Å². The monoisotopic (exact) mass is 285 g/mol. The van der Waals surface area contributed by atoms with Crippen LogP contribution in [0.2, 0.25) is 0 Å². The third-order valence-electron chi connectivity index (χ3n) is 4.77. The molecule has 1 aromatic rings. The Kier molecular flexibility index (Phi) is 4.91. The number of hydrogen-bond donors (Lipinski definition) is 0. The standard InChI is InChI=1S/C20H31N/c1-14-11-17(12-14)9-8-16(3)21-19-13-18(20(4,5)6)10-7-15(19)2/h7,10,13-14,17H,8-9,11-12H2,1-6H3/b21-16+. The van der Waals surface area contributed by atoms with Crippen molar-refractivity contribution in [2.45, 2.75) is 72.6 Å². The third-order valence-corrected chi connectivity index (χ3v) is 4.77. The maximum atomic E-state index is 4.90. The zero-order valence-corrected chi connectivity index (χ0v) is 14.7. The summed E-state index contributed by atoms with van der Waals surface area (Å²) in [6.45, 7) is 13.5. The van der Waals surface area contributed by atoms with Gasteiger partial charge in [0.15, 0.2) is 0 Å². The van der Waals surface area contributed by atoms with Gasteiger partial charge < -0.3 is 0 Å².